The van der Waals surface area contributed by atoms with Gasteiger partial charge < -0.3 is 0 Å². The molecule has 0 amide bonds. The second kappa shape index (κ2) is 8.24. The zero-order chi connectivity index (χ0) is 22.4. The summed E-state index contributed by atoms with van der Waals surface area (Å²) in [5, 5.41) is 2.34. The Morgan fingerprint density at radius 1 is 1.06 bits per heavy atom. The number of ketones is 1. The van der Waals surface area contributed by atoms with E-state index < -0.39 is 0 Å². The van der Waals surface area contributed by atoms with Crippen molar-refractivity contribution in [1.29, 1.82) is 0 Å². The Balaban J connectivity index is 1.38. The zero-order valence-corrected chi connectivity index (χ0v) is 19.2. The zero-order valence-electron chi connectivity index (χ0n) is 17.6. The van der Waals surface area contributed by atoms with Gasteiger partial charge in [-0.15, -0.1) is 11.3 Å². The molecular weight excluding hydrogens is 450 g/mol. The molecule has 2 aromatic carbocycles. The molecule has 1 aliphatic carbocycles. The highest BCUT2D eigenvalue weighted by molar-refractivity contribution is 7.99. The molecule has 6 rings (SSSR count). The Kier molecular flexibility index (Phi) is 5.08. The number of thioether (sulfide) groups is 1. The molecule has 162 valence electrons. The van der Waals surface area contributed by atoms with Crippen LogP contribution < -0.4 is 5.56 Å². The van der Waals surface area contributed by atoms with Gasteiger partial charge in [-0.2, -0.15) is 0 Å². The van der Waals surface area contributed by atoms with Crippen molar-refractivity contribution in [3.05, 3.63) is 88.8 Å². The molecule has 33 heavy (non-hydrogen) atoms. The number of hydrogen-bond acceptors (Lipinski definition) is 6. The van der Waals surface area contributed by atoms with Gasteiger partial charge in [0.25, 0.3) is 5.56 Å². The summed E-state index contributed by atoms with van der Waals surface area (Å²) in [7, 11) is 0. The molecule has 3 heterocycles. The Labute approximate surface area is 198 Å². The standard InChI is InChI=1S/C26H19N3O2S2/c30-22(16-5-2-1-3-6-16)15-32-26-28-24-20(25(31)29(26)19-9-10-19)14-23(33-24)18-8-11-21-17(13-18)7-4-12-27-21/h1-8,11-14,19H,9-10,15H2. The predicted octanol–water partition coefficient (Wildman–Crippen LogP) is 5.98. The topological polar surface area (TPSA) is 64.8 Å². The number of fused-ring (bicyclic) bond motifs is 2. The SMILES string of the molecule is O=C(CSc1nc2sc(-c3ccc4ncccc4c3)cc2c(=O)n1C1CC1)c1ccccc1. The van der Waals surface area contributed by atoms with E-state index >= 15 is 0 Å². The first-order chi connectivity index (χ1) is 16.2. The predicted molar refractivity (Wildman–Crippen MR) is 134 cm³/mol. The summed E-state index contributed by atoms with van der Waals surface area (Å²) in [5.74, 6) is 0.291. The highest BCUT2D eigenvalue weighted by atomic mass is 32.2. The fraction of sp³-hybridized carbons (Fsp3) is 0.154. The first kappa shape index (κ1) is 20.3. The van der Waals surface area contributed by atoms with Crippen LogP contribution in [0.3, 0.4) is 0 Å². The minimum Gasteiger partial charge on any atom is -0.293 e. The Hall–Kier alpha value is -3.29. The normalized spacial score (nSPS) is 13.6. The summed E-state index contributed by atoms with van der Waals surface area (Å²) in [5.41, 5.74) is 2.65. The van der Waals surface area contributed by atoms with Crippen molar-refractivity contribution in [2.75, 3.05) is 5.75 Å². The van der Waals surface area contributed by atoms with E-state index in [2.05, 4.69) is 11.1 Å². The molecular formula is C26H19N3O2S2. The van der Waals surface area contributed by atoms with Gasteiger partial charge in [0.2, 0.25) is 0 Å². The summed E-state index contributed by atoms with van der Waals surface area (Å²) in [6, 6.07) is 21.5. The quantitative estimate of drug-likeness (QED) is 0.174. The van der Waals surface area contributed by atoms with E-state index in [4.69, 9.17) is 4.98 Å². The van der Waals surface area contributed by atoms with E-state index in [1.807, 2.05) is 60.7 Å². The number of nitrogens with zero attached hydrogens (tertiary/aromatic N) is 3. The van der Waals surface area contributed by atoms with Gasteiger partial charge in [0.15, 0.2) is 10.9 Å². The van der Waals surface area contributed by atoms with Gasteiger partial charge in [-0.3, -0.25) is 19.1 Å². The van der Waals surface area contributed by atoms with Crippen LogP contribution in [0.25, 0.3) is 31.6 Å². The molecule has 3 aromatic heterocycles. The molecule has 0 unspecified atom stereocenters. The van der Waals surface area contributed by atoms with Crippen LogP contribution >= 0.6 is 23.1 Å². The molecule has 0 spiro atoms. The minimum atomic E-state index is -0.0119. The number of Topliss-reactive ketones (excluding diaryl/α,β-unsaturated/α-hetero) is 1. The first-order valence-corrected chi connectivity index (χ1v) is 12.6. The lowest BCUT2D eigenvalue weighted by atomic mass is 10.1. The molecule has 5 aromatic rings. The van der Waals surface area contributed by atoms with E-state index in [9.17, 15) is 9.59 Å². The maximum Gasteiger partial charge on any atom is 0.263 e. The fourth-order valence-corrected chi connectivity index (χ4v) is 5.97. The maximum absolute atomic E-state index is 13.4. The van der Waals surface area contributed by atoms with Crippen molar-refractivity contribution < 1.29 is 4.79 Å². The van der Waals surface area contributed by atoms with Gasteiger partial charge in [0, 0.05) is 28.1 Å². The van der Waals surface area contributed by atoms with Crippen LogP contribution in [0.1, 0.15) is 29.2 Å². The van der Waals surface area contributed by atoms with Crippen LogP contribution in [0, 0.1) is 0 Å². The van der Waals surface area contributed by atoms with Gasteiger partial charge in [0.1, 0.15) is 4.83 Å². The van der Waals surface area contributed by atoms with Crippen LogP contribution in [0.2, 0.25) is 0 Å². The van der Waals surface area contributed by atoms with E-state index in [1.54, 1.807) is 10.8 Å². The molecule has 7 heteroatoms. The third kappa shape index (κ3) is 3.87. The van der Waals surface area contributed by atoms with Crippen molar-refractivity contribution >= 4 is 50.0 Å². The van der Waals surface area contributed by atoms with E-state index in [0.29, 0.717) is 20.9 Å². The van der Waals surface area contributed by atoms with E-state index in [0.717, 1.165) is 34.2 Å². The number of aromatic nitrogens is 3. The number of pyridine rings is 1. The molecule has 5 nitrogen and oxygen atoms in total. The van der Waals surface area contributed by atoms with Crippen molar-refractivity contribution in [1.82, 2.24) is 14.5 Å². The number of carbonyl (C=O) groups excluding carboxylic acids is 1. The van der Waals surface area contributed by atoms with Crippen molar-refractivity contribution in [2.45, 2.75) is 24.0 Å². The number of hydrogen-bond donors (Lipinski definition) is 0. The van der Waals surface area contributed by atoms with Gasteiger partial charge in [-0.05, 0) is 42.7 Å². The molecule has 1 saturated carbocycles. The van der Waals surface area contributed by atoms with Crippen LogP contribution in [0.15, 0.2) is 82.9 Å². The lowest BCUT2D eigenvalue weighted by Gasteiger charge is -2.10. The molecule has 0 saturated heterocycles. The Morgan fingerprint density at radius 2 is 1.91 bits per heavy atom. The summed E-state index contributed by atoms with van der Waals surface area (Å²) in [6.45, 7) is 0. The van der Waals surface area contributed by atoms with Crippen LogP contribution in [0.5, 0.6) is 0 Å². The number of carbonyl (C=O) groups is 1. The molecule has 0 bridgehead atoms. The van der Waals surface area contributed by atoms with Crippen molar-refractivity contribution in [2.24, 2.45) is 0 Å². The van der Waals surface area contributed by atoms with Crippen molar-refractivity contribution in [3.8, 4) is 10.4 Å². The number of rotatable bonds is 6. The monoisotopic (exact) mass is 469 g/mol. The van der Waals surface area contributed by atoms with E-state index in [-0.39, 0.29) is 23.1 Å². The molecule has 0 radical (unpaired) electrons. The lowest BCUT2D eigenvalue weighted by molar-refractivity contribution is 0.102. The fourth-order valence-electron chi connectivity index (χ4n) is 3.94. The second-order valence-electron chi connectivity index (χ2n) is 8.12. The molecule has 1 aliphatic rings. The van der Waals surface area contributed by atoms with Gasteiger partial charge in [0.05, 0.1) is 16.7 Å². The van der Waals surface area contributed by atoms with Gasteiger partial charge in [-0.1, -0.05) is 54.2 Å². The Bertz CT molecular complexity index is 1570. The number of thiophene rings is 1. The summed E-state index contributed by atoms with van der Waals surface area (Å²) >= 11 is 2.87. The highest BCUT2D eigenvalue weighted by Gasteiger charge is 2.29. The third-order valence-corrected chi connectivity index (χ3v) is 7.82. The van der Waals surface area contributed by atoms with E-state index in [1.165, 1.54) is 23.1 Å². The molecule has 0 aliphatic heterocycles. The Morgan fingerprint density at radius 3 is 2.73 bits per heavy atom. The first-order valence-electron chi connectivity index (χ1n) is 10.8. The summed E-state index contributed by atoms with van der Waals surface area (Å²) in [4.78, 5) is 37.0. The average Bonchev–Trinajstić information content (AvgIpc) is 3.60. The lowest BCUT2D eigenvalue weighted by Crippen LogP contribution is -2.22. The van der Waals surface area contributed by atoms with Crippen LogP contribution in [-0.4, -0.2) is 26.1 Å². The second-order valence-corrected chi connectivity index (χ2v) is 10.1. The molecule has 0 N–H and O–H groups in total. The summed E-state index contributed by atoms with van der Waals surface area (Å²) in [6.07, 6.45) is 3.73. The smallest absolute Gasteiger partial charge is 0.263 e. The number of benzene rings is 2. The highest BCUT2D eigenvalue weighted by Crippen LogP contribution is 2.39. The van der Waals surface area contributed by atoms with Crippen LogP contribution in [0.4, 0.5) is 0 Å². The molecule has 0 atom stereocenters. The average molecular weight is 470 g/mol. The van der Waals surface area contributed by atoms with Gasteiger partial charge in [-0.25, -0.2) is 4.98 Å². The minimum absolute atomic E-state index is 0.0119. The van der Waals surface area contributed by atoms with Crippen LogP contribution in [-0.2, 0) is 0 Å². The third-order valence-electron chi connectivity index (χ3n) is 5.79. The van der Waals surface area contributed by atoms with Gasteiger partial charge >= 0.3 is 0 Å². The largest absolute Gasteiger partial charge is 0.293 e. The van der Waals surface area contributed by atoms with Crippen molar-refractivity contribution in [3.63, 3.8) is 0 Å². The summed E-state index contributed by atoms with van der Waals surface area (Å²) < 4.78 is 1.80. The molecule has 1 fully saturated rings. The maximum atomic E-state index is 13.4.